The quantitative estimate of drug-likeness (QED) is 0.734. The minimum Gasteiger partial charge on any atom is -0.497 e. The summed E-state index contributed by atoms with van der Waals surface area (Å²) in [6.07, 6.45) is 0. The van der Waals surface area contributed by atoms with Gasteiger partial charge in [0.2, 0.25) is 9.84 Å². The van der Waals surface area contributed by atoms with E-state index in [9.17, 15) is 8.42 Å². The molecule has 0 unspecified atom stereocenters. The molecule has 22 heavy (non-hydrogen) atoms. The second-order valence-corrected chi connectivity index (χ2v) is 7.02. The van der Waals surface area contributed by atoms with Crippen molar-refractivity contribution >= 4 is 20.6 Å². The van der Waals surface area contributed by atoms with Crippen molar-refractivity contribution in [2.45, 2.75) is 16.7 Å². The zero-order valence-electron chi connectivity index (χ0n) is 12.4. The molecule has 0 saturated carbocycles. The first-order chi connectivity index (χ1) is 10.5. The third-order valence-corrected chi connectivity index (χ3v) is 5.59. The van der Waals surface area contributed by atoms with Crippen LogP contribution in [0.5, 0.6) is 5.75 Å². The summed E-state index contributed by atoms with van der Waals surface area (Å²) in [5.74, 6) is 0.632. The minimum absolute atomic E-state index is 0.266. The lowest BCUT2D eigenvalue weighted by molar-refractivity contribution is 0.414. The van der Waals surface area contributed by atoms with Gasteiger partial charge in [0.1, 0.15) is 5.75 Å². The Morgan fingerprint density at radius 2 is 1.45 bits per heavy atom. The molecule has 112 valence electrons. The third-order valence-electron chi connectivity index (χ3n) is 3.76. The van der Waals surface area contributed by atoms with E-state index in [0.717, 1.165) is 16.3 Å². The monoisotopic (exact) mass is 312 g/mol. The highest BCUT2D eigenvalue weighted by Gasteiger charge is 2.20. The average Bonchev–Trinajstić information content (AvgIpc) is 2.55. The van der Waals surface area contributed by atoms with Crippen LogP contribution in [0, 0.1) is 6.92 Å². The molecule has 0 aliphatic rings. The van der Waals surface area contributed by atoms with Crippen molar-refractivity contribution in [1.82, 2.24) is 0 Å². The molecule has 0 aliphatic heterocycles. The Labute approximate surface area is 130 Å². The maximum atomic E-state index is 12.9. The Balaban J connectivity index is 2.23. The molecular weight excluding hydrogens is 296 g/mol. The van der Waals surface area contributed by atoms with Crippen LogP contribution < -0.4 is 4.74 Å². The Morgan fingerprint density at radius 1 is 0.818 bits per heavy atom. The Hall–Kier alpha value is -2.33. The number of hydrogen-bond acceptors (Lipinski definition) is 3. The molecule has 0 aliphatic carbocycles. The summed E-state index contributed by atoms with van der Waals surface area (Å²) in [6, 6.07) is 17.5. The standard InChI is InChI=1S/C18H16O3S/c1-13-7-12-18(17-6-4-3-5-16(13)17)22(19,20)15-10-8-14(21-2)9-11-15/h3-12H,1-2H3. The van der Waals surface area contributed by atoms with E-state index in [1.165, 1.54) is 0 Å². The maximum absolute atomic E-state index is 12.9. The molecule has 0 saturated heterocycles. The van der Waals surface area contributed by atoms with Gasteiger partial charge < -0.3 is 4.74 Å². The van der Waals surface area contributed by atoms with Gasteiger partial charge >= 0.3 is 0 Å². The van der Waals surface area contributed by atoms with Crippen LogP contribution in [0.25, 0.3) is 10.8 Å². The Bertz CT molecular complexity index is 926. The van der Waals surface area contributed by atoms with Crippen LogP contribution in [0.15, 0.2) is 70.5 Å². The molecule has 0 heterocycles. The molecule has 0 bridgehead atoms. The maximum Gasteiger partial charge on any atom is 0.207 e. The third kappa shape index (κ3) is 2.35. The minimum atomic E-state index is -3.56. The highest BCUT2D eigenvalue weighted by Crippen LogP contribution is 2.30. The number of rotatable bonds is 3. The molecule has 4 heteroatoms. The SMILES string of the molecule is COc1ccc(S(=O)(=O)c2ccc(C)c3ccccc23)cc1. The highest BCUT2D eigenvalue weighted by molar-refractivity contribution is 7.91. The molecule has 0 amide bonds. The second kappa shape index (κ2) is 5.46. The van der Waals surface area contributed by atoms with Crippen LogP contribution in [-0.4, -0.2) is 15.5 Å². The first-order valence-electron chi connectivity index (χ1n) is 6.91. The molecule has 0 N–H and O–H groups in total. The fourth-order valence-electron chi connectivity index (χ4n) is 2.54. The first kappa shape index (κ1) is 14.6. The van der Waals surface area contributed by atoms with Gasteiger partial charge in [0.15, 0.2) is 0 Å². The smallest absolute Gasteiger partial charge is 0.207 e. The molecule has 0 aromatic heterocycles. The van der Waals surface area contributed by atoms with Crippen LogP contribution in [0.3, 0.4) is 0 Å². The molecule has 0 fully saturated rings. The number of methoxy groups -OCH3 is 1. The Kier molecular flexibility index (Phi) is 3.62. The molecule has 3 aromatic carbocycles. The fourth-order valence-corrected chi connectivity index (χ4v) is 4.00. The lowest BCUT2D eigenvalue weighted by atomic mass is 10.1. The zero-order chi connectivity index (χ0) is 15.7. The van der Waals surface area contributed by atoms with Crippen molar-refractivity contribution in [2.75, 3.05) is 7.11 Å². The second-order valence-electron chi connectivity index (χ2n) is 5.11. The van der Waals surface area contributed by atoms with Crippen LogP contribution in [0.1, 0.15) is 5.56 Å². The lowest BCUT2D eigenvalue weighted by Crippen LogP contribution is -2.03. The van der Waals surface area contributed by atoms with E-state index >= 15 is 0 Å². The number of ether oxygens (including phenoxy) is 1. The summed E-state index contributed by atoms with van der Waals surface area (Å²) in [5, 5.41) is 1.70. The van der Waals surface area contributed by atoms with E-state index in [0.29, 0.717) is 10.6 Å². The van der Waals surface area contributed by atoms with Gasteiger partial charge in [-0.25, -0.2) is 8.42 Å². The van der Waals surface area contributed by atoms with Gasteiger partial charge in [0.25, 0.3) is 0 Å². The van der Waals surface area contributed by atoms with E-state index in [-0.39, 0.29) is 4.90 Å². The Morgan fingerprint density at radius 3 is 2.09 bits per heavy atom. The van der Waals surface area contributed by atoms with Crippen LogP contribution in [0.4, 0.5) is 0 Å². The highest BCUT2D eigenvalue weighted by atomic mass is 32.2. The number of sulfone groups is 1. The van der Waals surface area contributed by atoms with E-state index in [4.69, 9.17) is 4.74 Å². The van der Waals surface area contributed by atoms with Crippen LogP contribution in [0.2, 0.25) is 0 Å². The van der Waals surface area contributed by atoms with E-state index in [2.05, 4.69) is 0 Å². The van der Waals surface area contributed by atoms with Gasteiger partial charge in [-0.2, -0.15) is 0 Å². The summed E-state index contributed by atoms with van der Waals surface area (Å²) in [6.45, 7) is 1.98. The summed E-state index contributed by atoms with van der Waals surface area (Å²) in [5.41, 5.74) is 1.06. The zero-order valence-corrected chi connectivity index (χ0v) is 13.2. The summed E-state index contributed by atoms with van der Waals surface area (Å²) in [7, 11) is -2.01. The van der Waals surface area contributed by atoms with Gasteiger partial charge in [-0.05, 0) is 48.2 Å². The van der Waals surface area contributed by atoms with Gasteiger partial charge in [0.05, 0.1) is 16.9 Å². The van der Waals surface area contributed by atoms with Crippen molar-refractivity contribution in [2.24, 2.45) is 0 Å². The first-order valence-corrected chi connectivity index (χ1v) is 8.40. The topological polar surface area (TPSA) is 43.4 Å². The lowest BCUT2D eigenvalue weighted by Gasteiger charge is -2.10. The normalized spacial score (nSPS) is 11.5. The molecule has 3 nitrogen and oxygen atoms in total. The molecular formula is C18H16O3S. The molecule has 3 aromatic rings. The van der Waals surface area contributed by atoms with Gasteiger partial charge in [-0.15, -0.1) is 0 Å². The summed E-state index contributed by atoms with van der Waals surface area (Å²) < 4.78 is 30.9. The molecule has 0 atom stereocenters. The largest absolute Gasteiger partial charge is 0.497 e. The van der Waals surface area contributed by atoms with Crippen molar-refractivity contribution in [3.63, 3.8) is 0 Å². The predicted octanol–water partition coefficient (Wildman–Crippen LogP) is 3.99. The van der Waals surface area contributed by atoms with Crippen molar-refractivity contribution < 1.29 is 13.2 Å². The molecule has 3 rings (SSSR count). The van der Waals surface area contributed by atoms with Gasteiger partial charge in [-0.3, -0.25) is 0 Å². The number of hydrogen-bond donors (Lipinski definition) is 0. The van der Waals surface area contributed by atoms with Crippen LogP contribution in [-0.2, 0) is 9.84 Å². The van der Waals surface area contributed by atoms with Crippen molar-refractivity contribution in [3.8, 4) is 5.75 Å². The predicted molar refractivity (Wildman–Crippen MR) is 87.1 cm³/mol. The number of fused-ring (bicyclic) bond motifs is 1. The van der Waals surface area contributed by atoms with E-state index in [1.54, 1.807) is 37.4 Å². The fraction of sp³-hybridized carbons (Fsp3) is 0.111. The van der Waals surface area contributed by atoms with Crippen LogP contribution >= 0.6 is 0 Å². The van der Waals surface area contributed by atoms with E-state index in [1.807, 2.05) is 37.3 Å². The van der Waals surface area contributed by atoms with Gasteiger partial charge in [0, 0.05) is 5.39 Å². The average molecular weight is 312 g/mol. The van der Waals surface area contributed by atoms with Crippen molar-refractivity contribution in [3.05, 3.63) is 66.2 Å². The summed E-state index contributed by atoms with van der Waals surface area (Å²) in [4.78, 5) is 0.598. The molecule has 0 spiro atoms. The van der Waals surface area contributed by atoms with E-state index < -0.39 is 9.84 Å². The van der Waals surface area contributed by atoms with Crippen molar-refractivity contribution in [1.29, 1.82) is 0 Å². The number of benzene rings is 3. The molecule has 0 radical (unpaired) electrons. The summed E-state index contributed by atoms with van der Waals surface area (Å²) >= 11 is 0. The number of aryl methyl sites for hydroxylation is 1. The van der Waals surface area contributed by atoms with Gasteiger partial charge in [-0.1, -0.05) is 30.3 Å².